The molecule has 1 amide bonds. The molecule has 1 saturated heterocycles. The van der Waals surface area contributed by atoms with Crippen LogP contribution in [0.15, 0.2) is 12.4 Å². The summed E-state index contributed by atoms with van der Waals surface area (Å²) in [6.45, 7) is 6.28. The van der Waals surface area contributed by atoms with E-state index in [9.17, 15) is 9.59 Å². The van der Waals surface area contributed by atoms with Crippen LogP contribution in [0.2, 0.25) is 0 Å². The number of rotatable bonds is 9. The standard InChI is InChI=1S/C17H28N4O3.2ClH/c1-3-5-14-10-20(12-17(23)24)11-15(14)19-16(22)6-4-8-21-9-7-18-13(21)2;;/h7,9,14-15H,3-6,8,10-12H2,1-2H3,(H,19,22)(H,23,24);2*1H/t14-,15-;;/m0../s1. The van der Waals surface area contributed by atoms with E-state index in [1.807, 2.05) is 22.6 Å². The van der Waals surface area contributed by atoms with Crippen LogP contribution in [0.1, 0.15) is 38.4 Å². The molecule has 7 nitrogen and oxygen atoms in total. The number of imidazole rings is 1. The molecular weight excluding hydrogens is 379 g/mol. The van der Waals surface area contributed by atoms with Crippen LogP contribution in [0.4, 0.5) is 0 Å². The number of likely N-dealkylation sites (tertiary alicyclic amines) is 1. The van der Waals surface area contributed by atoms with Gasteiger partial charge in [0.15, 0.2) is 0 Å². The van der Waals surface area contributed by atoms with Crippen LogP contribution in [-0.4, -0.2) is 57.1 Å². The van der Waals surface area contributed by atoms with Crippen LogP contribution in [0.5, 0.6) is 0 Å². The SMILES string of the molecule is CCC[C@H]1CN(CC(=O)O)C[C@@H]1NC(=O)CCCn1ccnc1C.Cl.Cl. The predicted molar refractivity (Wildman–Crippen MR) is 105 cm³/mol. The molecule has 2 heterocycles. The van der Waals surface area contributed by atoms with Crippen LogP contribution >= 0.6 is 24.8 Å². The maximum Gasteiger partial charge on any atom is 0.317 e. The highest BCUT2D eigenvalue weighted by Gasteiger charge is 2.33. The Balaban J connectivity index is 0.00000312. The largest absolute Gasteiger partial charge is 0.480 e. The summed E-state index contributed by atoms with van der Waals surface area (Å²) < 4.78 is 2.04. The van der Waals surface area contributed by atoms with E-state index in [-0.39, 0.29) is 43.3 Å². The minimum Gasteiger partial charge on any atom is -0.480 e. The molecule has 9 heteroatoms. The number of aliphatic carboxylic acids is 1. The fraction of sp³-hybridized carbons (Fsp3) is 0.706. The molecule has 1 fully saturated rings. The van der Waals surface area contributed by atoms with Gasteiger partial charge in [0, 0.05) is 44.5 Å². The summed E-state index contributed by atoms with van der Waals surface area (Å²) in [5.41, 5.74) is 0. The summed E-state index contributed by atoms with van der Waals surface area (Å²) in [5.74, 6) is 0.539. The van der Waals surface area contributed by atoms with Gasteiger partial charge in [-0.2, -0.15) is 0 Å². The average molecular weight is 409 g/mol. The van der Waals surface area contributed by atoms with Crippen molar-refractivity contribution in [3.8, 4) is 0 Å². The molecule has 1 aliphatic heterocycles. The van der Waals surface area contributed by atoms with Crippen molar-refractivity contribution in [1.82, 2.24) is 19.8 Å². The number of carboxylic acid groups (broad SMARTS) is 1. The molecule has 150 valence electrons. The van der Waals surface area contributed by atoms with E-state index in [1.165, 1.54) is 0 Å². The Morgan fingerprint density at radius 1 is 1.35 bits per heavy atom. The summed E-state index contributed by atoms with van der Waals surface area (Å²) in [6, 6.07) is 0.0618. The molecule has 1 aromatic heterocycles. The smallest absolute Gasteiger partial charge is 0.317 e. The molecule has 2 rings (SSSR count). The Hall–Kier alpha value is -1.31. The highest BCUT2D eigenvalue weighted by Crippen LogP contribution is 2.21. The Labute approximate surface area is 167 Å². The van der Waals surface area contributed by atoms with Gasteiger partial charge < -0.3 is 15.0 Å². The number of amides is 1. The molecule has 1 aromatic rings. The average Bonchev–Trinajstić information content (AvgIpc) is 3.06. The van der Waals surface area contributed by atoms with Crippen molar-refractivity contribution in [3.05, 3.63) is 18.2 Å². The number of hydrogen-bond acceptors (Lipinski definition) is 4. The second kappa shape index (κ2) is 12.1. The molecule has 26 heavy (non-hydrogen) atoms. The van der Waals surface area contributed by atoms with Crippen molar-refractivity contribution in [2.24, 2.45) is 5.92 Å². The molecule has 2 atom stereocenters. The molecule has 2 N–H and O–H groups in total. The van der Waals surface area contributed by atoms with E-state index in [4.69, 9.17) is 5.11 Å². The Kier molecular flexibility index (Phi) is 11.5. The Bertz CT molecular complexity index is 568. The highest BCUT2D eigenvalue weighted by molar-refractivity contribution is 5.85. The third-order valence-corrected chi connectivity index (χ3v) is 4.61. The van der Waals surface area contributed by atoms with Crippen LogP contribution in [0.25, 0.3) is 0 Å². The van der Waals surface area contributed by atoms with E-state index in [2.05, 4.69) is 17.2 Å². The van der Waals surface area contributed by atoms with Gasteiger partial charge in [-0.3, -0.25) is 14.5 Å². The van der Waals surface area contributed by atoms with E-state index in [1.54, 1.807) is 6.20 Å². The number of carbonyl (C=O) groups is 2. The Morgan fingerprint density at radius 2 is 2.08 bits per heavy atom. The van der Waals surface area contributed by atoms with Crippen molar-refractivity contribution in [3.63, 3.8) is 0 Å². The lowest BCUT2D eigenvalue weighted by Crippen LogP contribution is -2.40. The fourth-order valence-corrected chi connectivity index (χ4v) is 3.44. The van der Waals surface area contributed by atoms with E-state index < -0.39 is 5.97 Å². The number of carbonyl (C=O) groups excluding carboxylic acids is 1. The number of nitrogens with zero attached hydrogens (tertiary/aromatic N) is 3. The zero-order chi connectivity index (χ0) is 17.5. The summed E-state index contributed by atoms with van der Waals surface area (Å²) in [4.78, 5) is 29.2. The van der Waals surface area contributed by atoms with Gasteiger partial charge in [0.05, 0.1) is 6.54 Å². The summed E-state index contributed by atoms with van der Waals surface area (Å²) >= 11 is 0. The van der Waals surface area contributed by atoms with Crippen molar-refractivity contribution in [1.29, 1.82) is 0 Å². The number of halogens is 2. The molecule has 0 aromatic carbocycles. The monoisotopic (exact) mass is 408 g/mol. The van der Waals surface area contributed by atoms with Gasteiger partial charge in [-0.05, 0) is 25.7 Å². The predicted octanol–water partition coefficient (Wildman–Crippen LogP) is 2.12. The van der Waals surface area contributed by atoms with Crippen molar-refractivity contribution < 1.29 is 14.7 Å². The second-order valence-electron chi connectivity index (χ2n) is 6.58. The number of nitrogens with one attached hydrogen (secondary N) is 1. The number of hydrogen-bond donors (Lipinski definition) is 2. The lowest BCUT2D eigenvalue weighted by Gasteiger charge is -2.19. The van der Waals surface area contributed by atoms with Gasteiger partial charge in [0.1, 0.15) is 5.82 Å². The van der Waals surface area contributed by atoms with Crippen LogP contribution < -0.4 is 5.32 Å². The van der Waals surface area contributed by atoms with Crippen molar-refractivity contribution >= 4 is 36.7 Å². The maximum absolute atomic E-state index is 12.2. The molecule has 0 saturated carbocycles. The quantitative estimate of drug-likeness (QED) is 0.653. The molecule has 0 bridgehead atoms. The third-order valence-electron chi connectivity index (χ3n) is 4.61. The van der Waals surface area contributed by atoms with Gasteiger partial charge >= 0.3 is 5.97 Å². The van der Waals surface area contributed by atoms with E-state index in [0.717, 1.165) is 38.2 Å². The minimum absolute atomic E-state index is 0. The highest BCUT2D eigenvalue weighted by atomic mass is 35.5. The zero-order valence-electron chi connectivity index (χ0n) is 15.4. The Morgan fingerprint density at radius 3 is 2.65 bits per heavy atom. The van der Waals surface area contributed by atoms with Gasteiger partial charge in [0.25, 0.3) is 0 Å². The molecular formula is C17H30Cl2N4O3. The normalized spacial score (nSPS) is 19.5. The van der Waals surface area contributed by atoms with Gasteiger partial charge in [-0.25, -0.2) is 4.98 Å². The minimum atomic E-state index is -0.812. The molecule has 0 radical (unpaired) electrons. The summed E-state index contributed by atoms with van der Waals surface area (Å²) in [6.07, 6.45) is 6.98. The summed E-state index contributed by atoms with van der Waals surface area (Å²) in [7, 11) is 0. The summed E-state index contributed by atoms with van der Waals surface area (Å²) in [5, 5.41) is 12.1. The van der Waals surface area contributed by atoms with E-state index >= 15 is 0 Å². The first-order chi connectivity index (χ1) is 11.5. The van der Waals surface area contributed by atoms with Crippen LogP contribution in [-0.2, 0) is 16.1 Å². The van der Waals surface area contributed by atoms with E-state index in [0.29, 0.717) is 18.9 Å². The first-order valence-electron chi connectivity index (χ1n) is 8.70. The van der Waals surface area contributed by atoms with Gasteiger partial charge in [0.2, 0.25) is 5.91 Å². The lowest BCUT2D eigenvalue weighted by molar-refractivity contribution is -0.138. The van der Waals surface area contributed by atoms with Crippen LogP contribution in [0.3, 0.4) is 0 Å². The zero-order valence-corrected chi connectivity index (χ0v) is 17.0. The molecule has 1 aliphatic rings. The first-order valence-corrected chi connectivity index (χ1v) is 8.70. The van der Waals surface area contributed by atoms with Gasteiger partial charge in [-0.1, -0.05) is 13.3 Å². The second-order valence-corrected chi connectivity index (χ2v) is 6.58. The molecule has 0 unspecified atom stereocenters. The number of aryl methyl sites for hydroxylation is 2. The fourth-order valence-electron chi connectivity index (χ4n) is 3.44. The van der Waals surface area contributed by atoms with Crippen molar-refractivity contribution in [2.45, 2.75) is 52.1 Å². The molecule has 0 spiro atoms. The lowest BCUT2D eigenvalue weighted by atomic mass is 9.98. The third kappa shape index (κ3) is 7.51. The number of aromatic nitrogens is 2. The van der Waals surface area contributed by atoms with Crippen molar-refractivity contribution in [2.75, 3.05) is 19.6 Å². The maximum atomic E-state index is 12.2. The molecule has 0 aliphatic carbocycles. The first kappa shape index (κ1) is 24.7. The topological polar surface area (TPSA) is 87.5 Å². The number of carboxylic acids is 1. The van der Waals surface area contributed by atoms with Crippen LogP contribution in [0, 0.1) is 12.8 Å². The van der Waals surface area contributed by atoms with Gasteiger partial charge in [-0.15, -0.1) is 24.8 Å².